The Morgan fingerprint density at radius 3 is 2.47 bits per heavy atom. The maximum Gasteiger partial charge on any atom is 0.307 e. The van der Waals surface area contributed by atoms with Crippen LogP contribution >= 0.6 is 23.4 Å². The second-order valence-corrected chi connectivity index (χ2v) is 5.47. The fourth-order valence-corrected chi connectivity index (χ4v) is 2.65. The molecule has 0 heterocycles. The molecule has 0 aliphatic heterocycles. The SMILES string of the molecule is O=C(O)Cc1cc(O)ccc1Sc1ccc(Cl)cc1. The number of carboxylic acid groups (broad SMARTS) is 1. The molecule has 19 heavy (non-hydrogen) atoms. The number of rotatable bonds is 4. The maximum atomic E-state index is 10.8. The summed E-state index contributed by atoms with van der Waals surface area (Å²) in [6.07, 6.45) is -0.121. The molecule has 0 aliphatic rings. The summed E-state index contributed by atoms with van der Waals surface area (Å²) in [5.74, 6) is -0.861. The Labute approximate surface area is 119 Å². The van der Waals surface area contributed by atoms with E-state index in [0.717, 1.165) is 9.79 Å². The van der Waals surface area contributed by atoms with Crippen LogP contribution in [0.3, 0.4) is 0 Å². The Kier molecular flexibility index (Phi) is 4.35. The summed E-state index contributed by atoms with van der Waals surface area (Å²) in [4.78, 5) is 12.6. The minimum atomic E-state index is -0.927. The van der Waals surface area contributed by atoms with Gasteiger partial charge in [0.05, 0.1) is 6.42 Å². The number of hydrogen-bond donors (Lipinski definition) is 2. The summed E-state index contributed by atoms with van der Waals surface area (Å²) < 4.78 is 0. The zero-order chi connectivity index (χ0) is 13.8. The molecule has 0 bridgehead atoms. The molecule has 2 N–H and O–H groups in total. The third-order valence-corrected chi connectivity index (χ3v) is 3.81. The average molecular weight is 295 g/mol. The van der Waals surface area contributed by atoms with E-state index in [0.29, 0.717) is 10.6 Å². The molecule has 3 nitrogen and oxygen atoms in total. The lowest BCUT2D eigenvalue weighted by atomic mass is 10.1. The van der Waals surface area contributed by atoms with Crippen LogP contribution in [0.2, 0.25) is 5.02 Å². The van der Waals surface area contributed by atoms with Crippen LogP contribution in [0.25, 0.3) is 0 Å². The molecule has 2 aromatic carbocycles. The molecule has 98 valence electrons. The number of benzene rings is 2. The summed E-state index contributed by atoms with van der Waals surface area (Å²) in [6, 6.07) is 12.0. The van der Waals surface area contributed by atoms with Gasteiger partial charge in [-0.3, -0.25) is 4.79 Å². The molecule has 2 rings (SSSR count). The molecule has 0 saturated heterocycles. The molecule has 0 spiro atoms. The number of halogens is 1. The normalized spacial score (nSPS) is 10.4. The van der Waals surface area contributed by atoms with Gasteiger partial charge >= 0.3 is 5.97 Å². The van der Waals surface area contributed by atoms with Gasteiger partial charge in [-0.1, -0.05) is 23.4 Å². The van der Waals surface area contributed by atoms with Gasteiger partial charge in [-0.25, -0.2) is 0 Å². The largest absolute Gasteiger partial charge is 0.508 e. The molecule has 0 atom stereocenters. The van der Waals surface area contributed by atoms with Crippen molar-refractivity contribution in [3.8, 4) is 5.75 Å². The highest BCUT2D eigenvalue weighted by Crippen LogP contribution is 2.33. The lowest BCUT2D eigenvalue weighted by Gasteiger charge is -2.08. The van der Waals surface area contributed by atoms with E-state index >= 15 is 0 Å². The highest BCUT2D eigenvalue weighted by molar-refractivity contribution is 7.99. The van der Waals surface area contributed by atoms with Crippen LogP contribution in [0.4, 0.5) is 0 Å². The van der Waals surface area contributed by atoms with Crippen LogP contribution in [0, 0.1) is 0 Å². The number of hydrogen-bond acceptors (Lipinski definition) is 3. The standard InChI is InChI=1S/C14H11ClO3S/c15-10-1-4-12(5-2-10)19-13-6-3-11(16)7-9(13)8-14(17)18/h1-7,16H,8H2,(H,17,18). The molecular weight excluding hydrogens is 284 g/mol. The first kappa shape index (κ1) is 13.8. The third-order valence-electron chi connectivity index (χ3n) is 2.43. The van der Waals surface area contributed by atoms with Crippen molar-refractivity contribution in [2.24, 2.45) is 0 Å². The van der Waals surface area contributed by atoms with E-state index in [4.69, 9.17) is 16.7 Å². The van der Waals surface area contributed by atoms with Crippen molar-refractivity contribution in [1.82, 2.24) is 0 Å². The van der Waals surface area contributed by atoms with Gasteiger partial charge in [0.1, 0.15) is 5.75 Å². The number of carbonyl (C=O) groups is 1. The number of phenolic OH excluding ortho intramolecular Hbond substituents is 1. The Bertz CT molecular complexity index is 596. The molecule has 0 unspecified atom stereocenters. The summed E-state index contributed by atoms with van der Waals surface area (Å²) in [6.45, 7) is 0. The quantitative estimate of drug-likeness (QED) is 0.900. The van der Waals surface area contributed by atoms with Gasteiger partial charge in [-0.05, 0) is 48.0 Å². The van der Waals surface area contributed by atoms with E-state index in [-0.39, 0.29) is 12.2 Å². The van der Waals surface area contributed by atoms with Crippen molar-refractivity contribution < 1.29 is 15.0 Å². The van der Waals surface area contributed by atoms with Gasteiger partial charge in [0.2, 0.25) is 0 Å². The predicted octanol–water partition coefficient (Wildman–Crippen LogP) is 3.82. The molecule has 0 saturated carbocycles. The van der Waals surface area contributed by atoms with Crippen molar-refractivity contribution in [2.45, 2.75) is 16.2 Å². The zero-order valence-electron chi connectivity index (χ0n) is 9.84. The first-order valence-electron chi connectivity index (χ1n) is 5.52. The highest BCUT2D eigenvalue weighted by atomic mass is 35.5. The third kappa shape index (κ3) is 3.91. The highest BCUT2D eigenvalue weighted by Gasteiger charge is 2.09. The van der Waals surface area contributed by atoms with Crippen LogP contribution in [-0.2, 0) is 11.2 Å². The van der Waals surface area contributed by atoms with Crippen LogP contribution in [0.1, 0.15) is 5.56 Å². The minimum Gasteiger partial charge on any atom is -0.508 e. The minimum absolute atomic E-state index is 0.0664. The zero-order valence-corrected chi connectivity index (χ0v) is 11.4. The molecule has 5 heteroatoms. The van der Waals surface area contributed by atoms with Crippen molar-refractivity contribution in [2.75, 3.05) is 0 Å². The number of carboxylic acids is 1. The van der Waals surface area contributed by atoms with Gasteiger partial charge in [0.15, 0.2) is 0 Å². The second kappa shape index (κ2) is 5.99. The average Bonchev–Trinajstić information content (AvgIpc) is 2.34. The predicted molar refractivity (Wildman–Crippen MR) is 75.0 cm³/mol. The van der Waals surface area contributed by atoms with E-state index in [9.17, 15) is 9.90 Å². The smallest absolute Gasteiger partial charge is 0.307 e. The molecular formula is C14H11ClO3S. The first-order valence-corrected chi connectivity index (χ1v) is 6.71. The van der Waals surface area contributed by atoms with E-state index in [1.54, 1.807) is 24.3 Å². The van der Waals surface area contributed by atoms with E-state index in [1.165, 1.54) is 17.8 Å². The number of aromatic hydroxyl groups is 1. The summed E-state index contributed by atoms with van der Waals surface area (Å²) in [5.41, 5.74) is 0.590. The Morgan fingerprint density at radius 1 is 1.16 bits per heavy atom. The Hall–Kier alpha value is -1.65. The fraction of sp³-hybridized carbons (Fsp3) is 0.0714. The summed E-state index contributed by atoms with van der Waals surface area (Å²) in [5, 5.41) is 19.0. The van der Waals surface area contributed by atoms with Crippen molar-refractivity contribution >= 4 is 29.3 Å². The van der Waals surface area contributed by atoms with Crippen molar-refractivity contribution in [1.29, 1.82) is 0 Å². The van der Waals surface area contributed by atoms with E-state index < -0.39 is 5.97 Å². The monoisotopic (exact) mass is 294 g/mol. The molecule has 0 amide bonds. The van der Waals surface area contributed by atoms with Crippen LogP contribution in [0.15, 0.2) is 52.3 Å². The van der Waals surface area contributed by atoms with Gasteiger partial charge in [-0.15, -0.1) is 0 Å². The van der Waals surface area contributed by atoms with Crippen molar-refractivity contribution in [3.63, 3.8) is 0 Å². The van der Waals surface area contributed by atoms with Gasteiger partial charge < -0.3 is 10.2 Å². The fourth-order valence-electron chi connectivity index (χ4n) is 1.60. The summed E-state index contributed by atoms with van der Waals surface area (Å²) >= 11 is 7.26. The Balaban J connectivity index is 2.28. The molecule has 0 fully saturated rings. The molecule has 2 aromatic rings. The number of aliphatic carboxylic acids is 1. The van der Waals surface area contributed by atoms with E-state index in [2.05, 4.69) is 0 Å². The van der Waals surface area contributed by atoms with Gasteiger partial charge in [-0.2, -0.15) is 0 Å². The molecule has 0 aliphatic carbocycles. The maximum absolute atomic E-state index is 10.8. The summed E-state index contributed by atoms with van der Waals surface area (Å²) in [7, 11) is 0. The molecule has 0 aromatic heterocycles. The van der Waals surface area contributed by atoms with Crippen molar-refractivity contribution in [3.05, 3.63) is 53.1 Å². The first-order chi connectivity index (χ1) is 9.04. The number of phenols is 1. The van der Waals surface area contributed by atoms with Gasteiger partial charge in [0, 0.05) is 14.8 Å². The second-order valence-electron chi connectivity index (χ2n) is 3.92. The van der Waals surface area contributed by atoms with Crippen LogP contribution < -0.4 is 0 Å². The molecule has 0 radical (unpaired) electrons. The van der Waals surface area contributed by atoms with Gasteiger partial charge in [0.25, 0.3) is 0 Å². The van der Waals surface area contributed by atoms with Crippen LogP contribution in [-0.4, -0.2) is 16.2 Å². The van der Waals surface area contributed by atoms with Crippen LogP contribution in [0.5, 0.6) is 5.75 Å². The Morgan fingerprint density at radius 2 is 1.84 bits per heavy atom. The van der Waals surface area contributed by atoms with E-state index in [1.807, 2.05) is 12.1 Å². The lowest BCUT2D eigenvalue weighted by molar-refractivity contribution is -0.136. The topological polar surface area (TPSA) is 57.5 Å². The lowest BCUT2D eigenvalue weighted by Crippen LogP contribution is -2.01.